The molecule has 39 heavy (non-hydrogen) atoms. The molecule has 4 atom stereocenters. The molecule has 0 aromatic heterocycles. The van der Waals surface area contributed by atoms with Gasteiger partial charge in [-0.05, 0) is 24.0 Å². The predicted octanol–water partition coefficient (Wildman–Crippen LogP) is 4.75. The summed E-state index contributed by atoms with van der Waals surface area (Å²) in [4.78, 5) is 2.96. The number of rotatable bonds is 10. The van der Waals surface area contributed by atoms with Crippen molar-refractivity contribution in [1.29, 1.82) is 0 Å². The van der Waals surface area contributed by atoms with Crippen LogP contribution in [0.2, 0.25) is 0 Å². The van der Waals surface area contributed by atoms with Crippen LogP contribution >= 0.6 is 0 Å². The molecule has 2 heterocycles. The second-order valence-electron chi connectivity index (χ2n) is 10.1. The summed E-state index contributed by atoms with van der Waals surface area (Å²) in [7, 11) is 0. The number of halogens is 6. The van der Waals surface area contributed by atoms with Gasteiger partial charge in [-0.1, -0.05) is 60.7 Å². The third-order valence-electron chi connectivity index (χ3n) is 6.96. The van der Waals surface area contributed by atoms with Crippen molar-refractivity contribution >= 4 is 0 Å². The van der Waals surface area contributed by atoms with E-state index in [0.717, 1.165) is 11.1 Å². The maximum absolute atomic E-state index is 14.0. The molecule has 0 radical (unpaired) electrons. The molecule has 2 aliphatic heterocycles. The number of alkyl halides is 6. The zero-order valence-electron chi connectivity index (χ0n) is 21.5. The second-order valence-corrected chi connectivity index (χ2v) is 10.1. The van der Waals surface area contributed by atoms with Gasteiger partial charge in [0.25, 0.3) is 0 Å². The Morgan fingerprint density at radius 2 is 1.05 bits per heavy atom. The summed E-state index contributed by atoms with van der Waals surface area (Å²) in [5.41, 5.74) is 1.95. The van der Waals surface area contributed by atoms with Crippen molar-refractivity contribution in [2.24, 2.45) is 0 Å². The first kappa shape index (κ1) is 29.8. The number of ether oxygens (including phenoxy) is 3. The Morgan fingerprint density at radius 3 is 1.41 bits per heavy atom. The van der Waals surface area contributed by atoms with Crippen molar-refractivity contribution in [3.8, 4) is 0 Å². The van der Waals surface area contributed by atoms with Crippen molar-refractivity contribution in [3.05, 3.63) is 71.8 Å². The Balaban J connectivity index is 1.37. The molecule has 0 N–H and O–H groups in total. The minimum atomic E-state index is -4.96. The van der Waals surface area contributed by atoms with E-state index in [1.54, 1.807) is 0 Å². The predicted molar refractivity (Wildman–Crippen MR) is 133 cm³/mol. The fraction of sp³-hybridized carbons (Fsp3) is 0.571. The van der Waals surface area contributed by atoms with Crippen molar-refractivity contribution < 1.29 is 40.6 Å². The molecule has 0 saturated carbocycles. The molecule has 2 aromatic carbocycles. The second kappa shape index (κ2) is 13.5. The normalized spacial score (nSPS) is 23.4. The minimum Gasteiger partial charge on any atom is -0.375 e. The minimum absolute atomic E-state index is 0.173. The number of hydrogen-bond donors (Lipinski definition) is 0. The molecule has 2 fully saturated rings. The molecule has 216 valence electrons. The van der Waals surface area contributed by atoms with Gasteiger partial charge in [0.2, 0.25) is 0 Å². The van der Waals surface area contributed by atoms with E-state index in [2.05, 4.69) is 0 Å². The van der Waals surface area contributed by atoms with Crippen LogP contribution in [0.1, 0.15) is 11.1 Å². The van der Waals surface area contributed by atoms with E-state index in [9.17, 15) is 26.3 Å². The maximum atomic E-state index is 14.0. The summed E-state index contributed by atoms with van der Waals surface area (Å²) in [5, 5.41) is 0. The molecular formula is C28H34F6N2O3. The van der Waals surface area contributed by atoms with E-state index >= 15 is 0 Å². The Kier molecular flexibility index (Phi) is 10.3. The molecule has 2 aliphatic rings. The summed E-state index contributed by atoms with van der Waals surface area (Å²) in [6, 6.07) is 18.8. The Hall–Kier alpha value is -2.18. The van der Waals surface area contributed by atoms with Crippen LogP contribution in [0.25, 0.3) is 0 Å². The standard InChI is InChI=1S/C28H34F6N2O3/c29-27(30,31)25(19-35-11-13-37-23(17-35)15-21-7-3-1-4-8-21)39-26(28(32,33)34)20-36-12-14-38-24(18-36)16-22-9-5-2-6-10-22/h1-10,23-26H,11-20H2/t23-,24-,25-,26-/m0/s1. The highest BCUT2D eigenvalue weighted by atomic mass is 19.4. The van der Waals surface area contributed by atoms with Gasteiger partial charge in [-0.15, -0.1) is 0 Å². The summed E-state index contributed by atoms with van der Waals surface area (Å²) in [6.45, 7) is -0.277. The van der Waals surface area contributed by atoms with Crippen LogP contribution in [-0.4, -0.2) is 99.1 Å². The topological polar surface area (TPSA) is 34.2 Å². The van der Waals surface area contributed by atoms with E-state index in [0.29, 0.717) is 12.8 Å². The fourth-order valence-electron chi connectivity index (χ4n) is 5.01. The quantitative estimate of drug-likeness (QED) is 0.392. The third kappa shape index (κ3) is 9.46. The molecule has 2 saturated heterocycles. The van der Waals surface area contributed by atoms with Crippen LogP contribution in [0.4, 0.5) is 26.3 Å². The number of hydrogen-bond acceptors (Lipinski definition) is 5. The first-order valence-corrected chi connectivity index (χ1v) is 13.1. The van der Waals surface area contributed by atoms with Crippen LogP contribution in [0.5, 0.6) is 0 Å². The average molecular weight is 561 g/mol. The highest BCUT2D eigenvalue weighted by molar-refractivity contribution is 5.16. The highest BCUT2D eigenvalue weighted by Gasteiger charge is 2.50. The van der Waals surface area contributed by atoms with Crippen LogP contribution in [0.15, 0.2) is 60.7 Å². The SMILES string of the molecule is FC(F)(F)[C@H](CN1CCO[C@@H](Cc2ccccc2)C1)O[C@@H](CN1CCO[C@@H](Cc2ccccc2)C1)C(F)(F)F. The molecule has 4 rings (SSSR count). The van der Waals surface area contributed by atoms with Gasteiger partial charge < -0.3 is 14.2 Å². The first-order chi connectivity index (χ1) is 18.6. The fourth-order valence-corrected chi connectivity index (χ4v) is 5.01. The molecule has 2 aromatic rings. The smallest absolute Gasteiger partial charge is 0.375 e. The third-order valence-corrected chi connectivity index (χ3v) is 6.96. The van der Waals surface area contributed by atoms with Crippen LogP contribution in [0, 0.1) is 0 Å². The zero-order valence-corrected chi connectivity index (χ0v) is 21.5. The summed E-state index contributed by atoms with van der Waals surface area (Å²) in [6.07, 6.45) is -14.8. The molecular weight excluding hydrogens is 526 g/mol. The monoisotopic (exact) mass is 560 g/mol. The van der Waals surface area contributed by atoms with Crippen molar-refractivity contribution in [3.63, 3.8) is 0 Å². The van der Waals surface area contributed by atoms with E-state index < -0.39 is 37.7 Å². The van der Waals surface area contributed by atoms with E-state index in [1.165, 1.54) is 9.80 Å². The van der Waals surface area contributed by atoms with Gasteiger partial charge >= 0.3 is 12.4 Å². The van der Waals surface area contributed by atoms with E-state index in [-0.39, 0.29) is 51.6 Å². The van der Waals surface area contributed by atoms with Crippen LogP contribution in [0.3, 0.4) is 0 Å². The summed E-state index contributed by atoms with van der Waals surface area (Å²) < 4.78 is 100. The van der Waals surface area contributed by atoms with Gasteiger partial charge in [0.05, 0.1) is 25.4 Å². The van der Waals surface area contributed by atoms with E-state index in [1.807, 2.05) is 60.7 Å². The number of nitrogens with zero attached hydrogens (tertiary/aromatic N) is 2. The van der Waals surface area contributed by atoms with Crippen molar-refractivity contribution in [2.75, 3.05) is 52.5 Å². The highest BCUT2D eigenvalue weighted by Crippen LogP contribution is 2.32. The van der Waals surface area contributed by atoms with Gasteiger partial charge in [0.1, 0.15) is 0 Å². The summed E-state index contributed by atoms with van der Waals surface area (Å²) in [5.74, 6) is 0. The van der Waals surface area contributed by atoms with Crippen LogP contribution in [-0.2, 0) is 27.1 Å². The van der Waals surface area contributed by atoms with Gasteiger partial charge in [-0.2, -0.15) is 26.3 Å². The Bertz CT molecular complexity index is 913. The lowest BCUT2D eigenvalue weighted by Crippen LogP contribution is -2.55. The molecule has 0 amide bonds. The lowest BCUT2D eigenvalue weighted by Gasteiger charge is -2.38. The molecule has 0 unspecified atom stereocenters. The average Bonchev–Trinajstić information content (AvgIpc) is 2.88. The molecule has 0 aliphatic carbocycles. The molecule has 0 bridgehead atoms. The van der Waals surface area contributed by atoms with E-state index in [4.69, 9.17) is 14.2 Å². The van der Waals surface area contributed by atoms with Gasteiger partial charge in [0.15, 0.2) is 12.2 Å². The molecule has 0 spiro atoms. The first-order valence-electron chi connectivity index (χ1n) is 13.1. The molecule has 5 nitrogen and oxygen atoms in total. The van der Waals surface area contributed by atoms with Crippen molar-refractivity contribution in [2.45, 2.75) is 49.6 Å². The largest absolute Gasteiger partial charge is 0.415 e. The summed E-state index contributed by atoms with van der Waals surface area (Å²) >= 11 is 0. The van der Waals surface area contributed by atoms with Gasteiger partial charge in [-0.25, -0.2) is 0 Å². The van der Waals surface area contributed by atoms with Gasteiger partial charge in [-0.3, -0.25) is 9.80 Å². The zero-order chi connectivity index (χ0) is 27.9. The maximum Gasteiger partial charge on any atom is 0.415 e. The lowest BCUT2D eigenvalue weighted by atomic mass is 10.1. The Labute approximate surface area is 224 Å². The molecule has 11 heteroatoms. The lowest BCUT2D eigenvalue weighted by molar-refractivity contribution is -0.292. The van der Waals surface area contributed by atoms with Crippen LogP contribution < -0.4 is 0 Å². The number of morpholine rings is 2. The Morgan fingerprint density at radius 1 is 0.667 bits per heavy atom. The van der Waals surface area contributed by atoms with Crippen molar-refractivity contribution in [1.82, 2.24) is 9.80 Å². The van der Waals surface area contributed by atoms with Gasteiger partial charge in [0, 0.05) is 39.3 Å². The number of benzene rings is 2.